The van der Waals surface area contributed by atoms with Crippen molar-refractivity contribution in [3.8, 4) is 0 Å². The zero-order valence-corrected chi connectivity index (χ0v) is 11.7. The van der Waals surface area contributed by atoms with Crippen LogP contribution in [0.1, 0.15) is 40.5 Å². The van der Waals surface area contributed by atoms with Gasteiger partial charge in [0.05, 0.1) is 0 Å². The minimum Gasteiger partial charge on any atom is -0.422 e. The van der Waals surface area contributed by atoms with Gasteiger partial charge in [0.15, 0.2) is 5.92 Å². The van der Waals surface area contributed by atoms with Crippen molar-refractivity contribution in [1.82, 2.24) is 4.90 Å². The van der Waals surface area contributed by atoms with E-state index in [0.29, 0.717) is 6.54 Å². The highest BCUT2D eigenvalue weighted by Gasteiger charge is 2.43. The third-order valence-electron chi connectivity index (χ3n) is 2.90. The zero-order chi connectivity index (χ0) is 13.8. The summed E-state index contributed by atoms with van der Waals surface area (Å²) in [6, 6.07) is 0. The lowest BCUT2D eigenvalue weighted by atomic mass is 10.1. The molecule has 104 valence electrons. The van der Waals surface area contributed by atoms with Crippen LogP contribution in [0.15, 0.2) is 0 Å². The van der Waals surface area contributed by atoms with Crippen molar-refractivity contribution in [1.29, 1.82) is 0 Å². The molecule has 0 aromatic heterocycles. The Labute approximate surface area is 108 Å². The minimum absolute atomic E-state index is 0.424. The fourth-order valence-electron chi connectivity index (χ4n) is 2.12. The number of rotatable bonds is 2. The molecule has 0 amide bonds. The Morgan fingerprint density at radius 2 is 1.56 bits per heavy atom. The first-order valence-corrected chi connectivity index (χ1v) is 6.66. The van der Waals surface area contributed by atoms with Crippen molar-refractivity contribution in [3.63, 3.8) is 0 Å². The number of esters is 2. The summed E-state index contributed by atoms with van der Waals surface area (Å²) in [5.41, 5.74) is 0. The van der Waals surface area contributed by atoms with E-state index in [1.165, 1.54) is 0 Å². The highest BCUT2D eigenvalue weighted by atomic mass is 16.7. The van der Waals surface area contributed by atoms with Crippen LogP contribution in [0.25, 0.3) is 0 Å². The number of nitrogens with zero attached hydrogens (tertiary/aromatic N) is 1. The van der Waals surface area contributed by atoms with Crippen molar-refractivity contribution in [3.05, 3.63) is 0 Å². The maximum atomic E-state index is 11.7. The monoisotopic (exact) mass is 257 g/mol. The molecule has 0 aromatic carbocycles. The van der Waals surface area contributed by atoms with Crippen LogP contribution in [0.4, 0.5) is 0 Å². The van der Waals surface area contributed by atoms with Crippen LogP contribution in [-0.2, 0) is 19.1 Å². The van der Waals surface area contributed by atoms with Crippen LogP contribution >= 0.6 is 0 Å². The average molecular weight is 257 g/mol. The SMILES string of the molecule is CC.CC1(C)OC(=O)C(CN2CCCC2)C(=O)O1. The smallest absolute Gasteiger partial charge is 0.324 e. The summed E-state index contributed by atoms with van der Waals surface area (Å²) in [7, 11) is 0. The van der Waals surface area contributed by atoms with Gasteiger partial charge in [0.2, 0.25) is 0 Å². The average Bonchev–Trinajstić information content (AvgIpc) is 2.78. The van der Waals surface area contributed by atoms with Gasteiger partial charge in [-0.2, -0.15) is 0 Å². The Kier molecular flexibility index (Phi) is 5.14. The number of cyclic esters (lactones) is 2. The Morgan fingerprint density at radius 3 is 2.00 bits per heavy atom. The first-order valence-electron chi connectivity index (χ1n) is 6.66. The Morgan fingerprint density at radius 1 is 1.11 bits per heavy atom. The molecule has 0 radical (unpaired) electrons. The van der Waals surface area contributed by atoms with E-state index < -0.39 is 23.6 Å². The van der Waals surface area contributed by atoms with Crippen LogP contribution in [-0.4, -0.2) is 42.3 Å². The molecule has 0 aliphatic carbocycles. The summed E-state index contributed by atoms with van der Waals surface area (Å²) in [6.07, 6.45) is 2.25. The van der Waals surface area contributed by atoms with Gasteiger partial charge in [0.25, 0.3) is 5.79 Å². The predicted octanol–water partition coefficient (Wildman–Crippen LogP) is 1.56. The summed E-state index contributed by atoms with van der Waals surface area (Å²) < 4.78 is 10.1. The second-order valence-corrected chi connectivity index (χ2v) is 4.80. The number of carbonyl (C=O) groups is 2. The van der Waals surface area contributed by atoms with Crippen LogP contribution in [0.3, 0.4) is 0 Å². The molecule has 0 atom stereocenters. The zero-order valence-electron chi connectivity index (χ0n) is 11.7. The molecule has 2 fully saturated rings. The molecule has 2 rings (SSSR count). The molecule has 5 nitrogen and oxygen atoms in total. The van der Waals surface area contributed by atoms with E-state index in [0.717, 1.165) is 25.9 Å². The maximum Gasteiger partial charge on any atom is 0.324 e. The topological polar surface area (TPSA) is 55.8 Å². The number of hydrogen-bond donors (Lipinski definition) is 0. The van der Waals surface area contributed by atoms with E-state index in [-0.39, 0.29) is 0 Å². The van der Waals surface area contributed by atoms with Gasteiger partial charge < -0.3 is 14.4 Å². The normalized spacial score (nSPS) is 24.0. The molecule has 0 saturated carbocycles. The largest absolute Gasteiger partial charge is 0.422 e. The molecule has 18 heavy (non-hydrogen) atoms. The van der Waals surface area contributed by atoms with E-state index >= 15 is 0 Å². The lowest BCUT2D eigenvalue weighted by Gasteiger charge is -2.34. The van der Waals surface area contributed by atoms with Gasteiger partial charge >= 0.3 is 11.9 Å². The summed E-state index contributed by atoms with van der Waals surface area (Å²) in [4.78, 5) is 25.4. The van der Waals surface area contributed by atoms with E-state index in [1.54, 1.807) is 13.8 Å². The first-order chi connectivity index (χ1) is 8.48. The van der Waals surface area contributed by atoms with Crippen LogP contribution in [0.5, 0.6) is 0 Å². The third kappa shape index (κ3) is 3.70. The van der Waals surface area contributed by atoms with Crippen LogP contribution < -0.4 is 0 Å². The van der Waals surface area contributed by atoms with E-state index in [2.05, 4.69) is 4.90 Å². The van der Waals surface area contributed by atoms with Gasteiger partial charge in [-0.3, -0.25) is 9.59 Å². The second kappa shape index (κ2) is 6.18. The van der Waals surface area contributed by atoms with Crippen molar-refractivity contribution in [2.45, 2.75) is 46.3 Å². The molecule has 0 unspecified atom stereocenters. The maximum absolute atomic E-state index is 11.7. The molecule has 2 aliphatic heterocycles. The van der Waals surface area contributed by atoms with Gasteiger partial charge in [-0.15, -0.1) is 0 Å². The van der Waals surface area contributed by atoms with E-state index in [4.69, 9.17) is 9.47 Å². The second-order valence-electron chi connectivity index (χ2n) is 4.80. The summed E-state index contributed by atoms with van der Waals surface area (Å²) >= 11 is 0. The number of hydrogen-bond acceptors (Lipinski definition) is 5. The third-order valence-corrected chi connectivity index (χ3v) is 2.90. The van der Waals surface area contributed by atoms with Crippen molar-refractivity contribution < 1.29 is 19.1 Å². The molecule has 0 aromatic rings. The van der Waals surface area contributed by atoms with Crippen LogP contribution in [0, 0.1) is 5.92 Å². The molecule has 2 saturated heterocycles. The predicted molar refractivity (Wildman–Crippen MR) is 66.8 cm³/mol. The Bertz CT molecular complexity index is 288. The molecular formula is C13H23NO4. The first kappa shape index (κ1) is 15.0. The molecule has 2 heterocycles. The minimum atomic E-state index is -1.12. The lowest BCUT2D eigenvalue weighted by molar-refractivity contribution is -0.240. The van der Waals surface area contributed by atoms with Crippen LogP contribution in [0.2, 0.25) is 0 Å². The van der Waals surface area contributed by atoms with E-state index in [9.17, 15) is 9.59 Å². The molecule has 2 aliphatic rings. The van der Waals surface area contributed by atoms with Crippen molar-refractivity contribution in [2.75, 3.05) is 19.6 Å². The highest BCUT2D eigenvalue weighted by Crippen LogP contribution is 2.24. The summed E-state index contributed by atoms with van der Waals surface area (Å²) in [5.74, 6) is -2.82. The molecule has 0 bridgehead atoms. The molecule has 0 spiro atoms. The molecule has 5 heteroatoms. The Balaban J connectivity index is 0.000000771. The Hall–Kier alpha value is -1.10. The summed E-state index contributed by atoms with van der Waals surface area (Å²) in [6.45, 7) is 9.44. The lowest BCUT2D eigenvalue weighted by Crippen LogP contribution is -2.49. The fourth-order valence-corrected chi connectivity index (χ4v) is 2.12. The highest BCUT2D eigenvalue weighted by molar-refractivity contribution is 5.96. The standard InChI is InChI=1S/C11H17NO4.C2H6/c1-11(2)15-9(13)8(10(14)16-11)7-12-5-3-4-6-12;1-2/h8H,3-7H2,1-2H3;1-2H3. The van der Waals surface area contributed by atoms with Gasteiger partial charge in [-0.1, -0.05) is 13.8 Å². The number of likely N-dealkylation sites (tertiary alicyclic amines) is 1. The quantitative estimate of drug-likeness (QED) is 0.555. The van der Waals surface area contributed by atoms with Gasteiger partial charge in [-0.05, 0) is 25.9 Å². The van der Waals surface area contributed by atoms with Gasteiger partial charge in [0.1, 0.15) is 0 Å². The molecule has 0 N–H and O–H groups in total. The van der Waals surface area contributed by atoms with E-state index in [1.807, 2.05) is 13.8 Å². The number of ether oxygens (including phenoxy) is 2. The van der Waals surface area contributed by atoms with Gasteiger partial charge in [0, 0.05) is 20.4 Å². The van der Waals surface area contributed by atoms with Gasteiger partial charge in [-0.25, -0.2) is 0 Å². The molecular weight excluding hydrogens is 234 g/mol. The van der Waals surface area contributed by atoms with Crippen molar-refractivity contribution >= 4 is 11.9 Å². The summed E-state index contributed by atoms with van der Waals surface area (Å²) in [5, 5.41) is 0. The fraction of sp³-hybridized carbons (Fsp3) is 0.846. The van der Waals surface area contributed by atoms with Crippen molar-refractivity contribution in [2.24, 2.45) is 5.92 Å². The number of carbonyl (C=O) groups excluding carboxylic acids is 2.